The first-order chi connectivity index (χ1) is 7.24. The molecular formula is C9H14N2O4. The third-order valence-electron chi connectivity index (χ3n) is 2.53. The third-order valence-corrected chi connectivity index (χ3v) is 2.53. The van der Waals surface area contributed by atoms with Crippen LogP contribution in [0.2, 0.25) is 0 Å². The topological polar surface area (TPSA) is 87.7 Å². The summed E-state index contributed by atoms with van der Waals surface area (Å²) in [7, 11) is 0. The molecule has 0 amide bonds. The molecular weight excluding hydrogens is 200 g/mol. The third kappa shape index (κ3) is 2.03. The lowest BCUT2D eigenvalue weighted by Gasteiger charge is -2.12. The summed E-state index contributed by atoms with van der Waals surface area (Å²) >= 11 is 0. The first kappa shape index (κ1) is 10.6. The maximum absolute atomic E-state index is 9.52. The summed E-state index contributed by atoms with van der Waals surface area (Å²) in [6, 6.07) is 0. The zero-order valence-electron chi connectivity index (χ0n) is 8.15. The van der Waals surface area contributed by atoms with Gasteiger partial charge in [-0.3, -0.25) is 0 Å². The highest BCUT2D eigenvalue weighted by Gasteiger charge is 2.34. The molecule has 1 aliphatic rings. The molecule has 0 bridgehead atoms. The lowest BCUT2D eigenvalue weighted by atomic mass is 10.2. The SMILES string of the molecule is OCc1cn([C@H]2C[C@H](O)[C@@H](CO)O2)cn1. The van der Waals surface area contributed by atoms with Gasteiger partial charge in [-0.1, -0.05) is 0 Å². The monoisotopic (exact) mass is 214 g/mol. The van der Waals surface area contributed by atoms with Crippen LogP contribution >= 0.6 is 0 Å². The van der Waals surface area contributed by atoms with Crippen molar-refractivity contribution in [1.82, 2.24) is 9.55 Å². The highest BCUT2D eigenvalue weighted by Crippen LogP contribution is 2.28. The van der Waals surface area contributed by atoms with Crippen molar-refractivity contribution < 1.29 is 20.1 Å². The van der Waals surface area contributed by atoms with Crippen LogP contribution in [-0.4, -0.2) is 43.7 Å². The van der Waals surface area contributed by atoms with Crippen molar-refractivity contribution in [2.75, 3.05) is 6.61 Å². The summed E-state index contributed by atoms with van der Waals surface area (Å²) < 4.78 is 7.09. The number of rotatable bonds is 3. The Kier molecular flexibility index (Phi) is 3.01. The molecule has 1 aromatic rings. The van der Waals surface area contributed by atoms with Crippen LogP contribution in [0.1, 0.15) is 18.3 Å². The van der Waals surface area contributed by atoms with E-state index in [4.69, 9.17) is 14.9 Å². The molecule has 0 saturated carbocycles. The number of aliphatic hydroxyl groups excluding tert-OH is 3. The normalized spacial score (nSPS) is 31.0. The highest BCUT2D eigenvalue weighted by atomic mass is 16.5. The Balaban J connectivity index is 2.06. The van der Waals surface area contributed by atoms with E-state index in [1.165, 1.54) is 0 Å². The van der Waals surface area contributed by atoms with Gasteiger partial charge in [0, 0.05) is 12.6 Å². The van der Waals surface area contributed by atoms with Gasteiger partial charge in [0.25, 0.3) is 0 Å². The largest absolute Gasteiger partial charge is 0.394 e. The van der Waals surface area contributed by atoms with E-state index in [0.717, 1.165) is 0 Å². The van der Waals surface area contributed by atoms with Crippen molar-refractivity contribution in [2.24, 2.45) is 0 Å². The average Bonchev–Trinajstić information content (AvgIpc) is 2.83. The molecule has 0 spiro atoms. The summed E-state index contributed by atoms with van der Waals surface area (Å²) in [6.07, 6.45) is 2.13. The van der Waals surface area contributed by atoms with Crippen molar-refractivity contribution >= 4 is 0 Å². The van der Waals surface area contributed by atoms with Crippen molar-refractivity contribution in [2.45, 2.75) is 31.5 Å². The van der Waals surface area contributed by atoms with Gasteiger partial charge in [0.05, 0.1) is 31.3 Å². The average molecular weight is 214 g/mol. The van der Waals surface area contributed by atoms with Crippen LogP contribution in [0.5, 0.6) is 0 Å². The van der Waals surface area contributed by atoms with Gasteiger partial charge in [-0.2, -0.15) is 0 Å². The molecule has 0 aliphatic carbocycles. The fourth-order valence-corrected chi connectivity index (χ4v) is 1.68. The van der Waals surface area contributed by atoms with Gasteiger partial charge in [0.15, 0.2) is 0 Å². The summed E-state index contributed by atoms with van der Waals surface area (Å²) in [5.74, 6) is 0. The summed E-state index contributed by atoms with van der Waals surface area (Å²) in [5, 5.41) is 27.3. The Morgan fingerprint density at radius 1 is 1.53 bits per heavy atom. The molecule has 0 unspecified atom stereocenters. The molecule has 1 fully saturated rings. The number of aliphatic hydroxyl groups is 3. The fraction of sp³-hybridized carbons (Fsp3) is 0.667. The molecule has 1 aliphatic heterocycles. The second-order valence-corrected chi connectivity index (χ2v) is 3.59. The number of imidazole rings is 1. The number of nitrogens with zero attached hydrogens (tertiary/aromatic N) is 2. The summed E-state index contributed by atoms with van der Waals surface area (Å²) in [5.41, 5.74) is 0.556. The zero-order valence-corrected chi connectivity index (χ0v) is 8.15. The van der Waals surface area contributed by atoms with E-state index in [9.17, 15) is 5.11 Å². The van der Waals surface area contributed by atoms with Crippen LogP contribution in [0.4, 0.5) is 0 Å². The van der Waals surface area contributed by atoms with Gasteiger partial charge in [-0.15, -0.1) is 0 Å². The van der Waals surface area contributed by atoms with E-state index < -0.39 is 12.2 Å². The van der Waals surface area contributed by atoms with Crippen molar-refractivity contribution in [3.05, 3.63) is 18.2 Å². The molecule has 1 aromatic heterocycles. The standard InChI is InChI=1S/C9H14N2O4/c12-3-6-2-11(5-10-6)9-1-7(14)8(4-13)15-9/h2,5,7-9,12-14H,1,3-4H2/t7-,8+,9+/m0/s1. The predicted molar refractivity (Wildman–Crippen MR) is 49.8 cm³/mol. The maximum atomic E-state index is 9.52. The Bertz CT molecular complexity index is 328. The van der Waals surface area contributed by atoms with Gasteiger partial charge >= 0.3 is 0 Å². The predicted octanol–water partition coefficient (Wildman–Crippen LogP) is -0.984. The maximum Gasteiger partial charge on any atom is 0.137 e. The molecule has 84 valence electrons. The lowest BCUT2D eigenvalue weighted by molar-refractivity contribution is -0.0444. The number of hydrogen-bond acceptors (Lipinski definition) is 5. The molecule has 6 nitrogen and oxygen atoms in total. The van der Waals surface area contributed by atoms with Crippen molar-refractivity contribution in [3.8, 4) is 0 Å². The Morgan fingerprint density at radius 2 is 2.33 bits per heavy atom. The van der Waals surface area contributed by atoms with E-state index in [0.29, 0.717) is 12.1 Å². The van der Waals surface area contributed by atoms with Crippen LogP contribution in [-0.2, 0) is 11.3 Å². The first-order valence-electron chi connectivity index (χ1n) is 4.82. The molecule has 15 heavy (non-hydrogen) atoms. The Morgan fingerprint density at radius 3 is 2.87 bits per heavy atom. The Hall–Kier alpha value is -0.950. The van der Waals surface area contributed by atoms with E-state index in [1.54, 1.807) is 17.1 Å². The minimum absolute atomic E-state index is 0.119. The molecule has 1 saturated heterocycles. The van der Waals surface area contributed by atoms with Gasteiger partial charge < -0.3 is 24.6 Å². The van der Waals surface area contributed by atoms with Crippen LogP contribution in [0.3, 0.4) is 0 Å². The molecule has 6 heteroatoms. The van der Waals surface area contributed by atoms with Crippen LogP contribution < -0.4 is 0 Å². The van der Waals surface area contributed by atoms with Crippen LogP contribution in [0, 0.1) is 0 Å². The van der Waals surface area contributed by atoms with Crippen molar-refractivity contribution in [1.29, 1.82) is 0 Å². The number of ether oxygens (including phenoxy) is 1. The van der Waals surface area contributed by atoms with E-state index in [1.807, 2.05) is 0 Å². The molecule has 3 N–H and O–H groups in total. The minimum atomic E-state index is -0.653. The number of hydrogen-bond donors (Lipinski definition) is 3. The lowest BCUT2D eigenvalue weighted by Crippen LogP contribution is -2.24. The highest BCUT2D eigenvalue weighted by molar-refractivity contribution is 4.96. The fourth-order valence-electron chi connectivity index (χ4n) is 1.68. The van der Waals surface area contributed by atoms with Gasteiger partial charge in [-0.25, -0.2) is 4.98 Å². The second kappa shape index (κ2) is 4.28. The van der Waals surface area contributed by atoms with Crippen LogP contribution in [0.25, 0.3) is 0 Å². The minimum Gasteiger partial charge on any atom is -0.394 e. The smallest absolute Gasteiger partial charge is 0.137 e. The Labute approximate surface area is 86.8 Å². The molecule has 0 radical (unpaired) electrons. The van der Waals surface area contributed by atoms with E-state index in [-0.39, 0.29) is 19.4 Å². The molecule has 2 heterocycles. The quantitative estimate of drug-likeness (QED) is 0.601. The van der Waals surface area contributed by atoms with E-state index >= 15 is 0 Å². The molecule has 2 rings (SSSR count). The van der Waals surface area contributed by atoms with Crippen LogP contribution in [0.15, 0.2) is 12.5 Å². The summed E-state index contributed by atoms with van der Waals surface area (Å²) in [6.45, 7) is -0.315. The van der Waals surface area contributed by atoms with E-state index in [2.05, 4.69) is 4.98 Å². The van der Waals surface area contributed by atoms with Gasteiger partial charge in [0.1, 0.15) is 12.3 Å². The zero-order chi connectivity index (χ0) is 10.8. The molecule has 3 atom stereocenters. The summed E-state index contributed by atoms with van der Waals surface area (Å²) in [4.78, 5) is 3.94. The van der Waals surface area contributed by atoms with Gasteiger partial charge in [-0.05, 0) is 0 Å². The molecule has 0 aromatic carbocycles. The van der Waals surface area contributed by atoms with Gasteiger partial charge in [0.2, 0.25) is 0 Å². The first-order valence-corrected chi connectivity index (χ1v) is 4.82. The number of aromatic nitrogens is 2. The van der Waals surface area contributed by atoms with Crippen molar-refractivity contribution in [3.63, 3.8) is 0 Å². The second-order valence-electron chi connectivity index (χ2n) is 3.59.